The molecule has 0 bridgehead atoms. The molecule has 2 aromatic rings. The van der Waals surface area contributed by atoms with Crippen molar-refractivity contribution in [3.8, 4) is 6.07 Å². The average Bonchev–Trinajstić information content (AvgIpc) is 2.67. The third-order valence-corrected chi connectivity index (χ3v) is 5.00. The van der Waals surface area contributed by atoms with Crippen LogP contribution in [0.25, 0.3) is 0 Å². The number of piperidine rings is 1. The number of nitriles is 1. The fourth-order valence-corrected chi connectivity index (χ4v) is 3.37. The van der Waals surface area contributed by atoms with E-state index in [0.29, 0.717) is 24.5 Å². The minimum atomic E-state index is -0.252. The van der Waals surface area contributed by atoms with E-state index in [1.54, 1.807) is 12.4 Å². The quantitative estimate of drug-likeness (QED) is 0.839. The molecule has 1 aromatic carbocycles. The molecule has 0 radical (unpaired) electrons. The Morgan fingerprint density at radius 3 is 2.44 bits per heavy atom. The smallest absolute Gasteiger partial charge is 0.230 e. The first-order valence-electron chi connectivity index (χ1n) is 8.50. The number of pyridine rings is 1. The highest BCUT2D eigenvalue weighted by Gasteiger charge is 2.29. The Morgan fingerprint density at radius 2 is 1.84 bits per heavy atom. The Hall–Kier alpha value is -2.38. The van der Waals surface area contributed by atoms with E-state index in [-0.39, 0.29) is 17.7 Å². The number of aromatic nitrogens is 1. The van der Waals surface area contributed by atoms with Gasteiger partial charge < -0.3 is 4.90 Å². The van der Waals surface area contributed by atoms with Gasteiger partial charge in [0.15, 0.2) is 0 Å². The van der Waals surface area contributed by atoms with Crippen LogP contribution in [0.5, 0.6) is 0 Å². The molecule has 2 heterocycles. The van der Waals surface area contributed by atoms with Gasteiger partial charge >= 0.3 is 0 Å². The van der Waals surface area contributed by atoms with Crippen LogP contribution in [0.4, 0.5) is 0 Å². The number of benzene rings is 1. The van der Waals surface area contributed by atoms with Gasteiger partial charge in [0, 0.05) is 36.4 Å². The third-order valence-electron chi connectivity index (χ3n) is 4.75. The molecule has 5 heteroatoms. The van der Waals surface area contributed by atoms with Crippen molar-refractivity contribution >= 4 is 17.5 Å². The highest BCUT2D eigenvalue weighted by atomic mass is 35.5. The van der Waals surface area contributed by atoms with Crippen LogP contribution in [-0.2, 0) is 11.2 Å². The molecule has 1 atom stereocenters. The lowest BCUT2D eigenvalue weighted by molar-refractivity contribution is -0.134. The largest absolute Gasteiger partial charge is 0.342 e. The fourth-order valence-electron chi connectivity index (χ4n) is 3.25. The molecular formula is C20H20ClN3O. The van der Waals surface area contributed by atoms with Gasteiger partial charge in [-0.1, -0.05) is 23.7 Å². The zero-order chi connectivity index (χ0) is 17.6. The zero-order valence-electron chi connectivity index (χ0n) is 13.9. The van der Waals surface area contributed by atoms with Gasteiger partial charge in [0.05, 0.1) is 12.0 Å². The van der Waals surface area contributed by atoms with E-state index in [9.17, 15) is 4.79 Å². The molecule has 4 nitrogen and oxygen atoms in total. The summed E-state index contributed by atoms with van der Waals surface area (Å²) in [5.41, 5.74) is 2.05. The highest BCUT2D eigenvalue weighted by molar-refractivity contribution is 6.30. The molecule has 0 spiro atoms. The number of amides is 1. The van der Waals surface area contributed by atoms with Gasteiger partial charge in [-0.3, -0.25) is 9.78 Å². The van der Waals surface area contributed by atoms with Gasteiger partial charge in [-0.15, -0.1) is 0 Å². The van der Waals surface area contributed by atoms with Crippen molar-refractivity contribution in [3.63, 3.8) is 0 Å². The van der Waals surface area contributed by atoms with Crippen LogP contribution < -0.4 is 0 Å². The van der Waals surface area contributed by atoms with E-state index < -0.39 is 0 Å². The molecule has 25 heavy (non-hydrogen) atoms. The first-order valence-corrected chi connectivity index (χ1v) is 8.88. The van der Waals surface area contributed by atoms with Crippen molar-refractivity contribution in [2.24, 2.45) is 5.92 Å². The predicted octanol–water partition coefficient (Wildman–Crippen LogP) is 3.82. The molecule has 1 amide bonds. The van der Waals surface area contributed by atoms with Crippen LogP contribution >= 0.6 is 11.6 Å². The maximum atomic E-state index is 13.2. The average molecular weight is 354 g/mol. The molecule has 3 rings (SSSR count). The van der Waals surface area contributed by atoms with Crippen molar-refractivity contribution in [3.05, 3.63) is 64.9 Å². The van der Waals surface area contributed by atoms with E-state index in [0.717, 1.165) is 24.0 Å². The van der Waals surface area contributed by atoms with Gasteiger partial charge in [0.2, 0.25) is 5.91 Å². The normalized spacial score (nSPS) is 16.2. The summed E-state index contributed by atoms with van der Waals surface area (Å²) in [6.07, 6.45) is 5.63. The van der Waals surface area contributed by atoms with Crippen molar-refractivity contribution in [1.29, 1.82) is 5.26 Å². The Balaban J connectivity index is 1.82. The number of rotatable bonds is 4. The number of halogens is 1. The maximum absolute atomic E-state index is 13.2. The minimum Gasteiger partial charge on any atom is -0.342 e. The lowest BCUT2D eigenvalue weighted by Gasteiger charge is -2.32. The molecule has 1 saturated heterocycles. The Morgan fingerprint density at radius 1 is 1.20 bits per heavy atom. The van der Waals surface area contributed by atoms with Crippen LogP contribution in [0.1, 0.15) is 29.9 Å². The SMILES string of the molecule is N#CC1CCN(C(=O)C(Cc2ccncc2)c2ccc(Cl)cc2)CC1. The fraction of sp³-hybridized carbons (Fsp3) is 0.350. The molecule has 1 aliphatic rings. The molecule has 0 saturated carbocycles. The first-order chi connectivity index (χ1) is 12.2. The molecule has 0 N–H and O–H groups in total. The van der Waals surface area contributed by atoms with Crippen molar-refractivity contribution in [2.75, 3.05) is 13.1 Å². The number of hydrogen-bond donors (Lipinski definition) is 0. The van der Waals surface area contributed by atoms with E-state index >= 15 is 0 Å². The number of nitrogens with zero attached hydrogens (tertiary/aromatic N) is 3. The minimum absolute atomic E-state index is 0.0678. The molecule has 128 valence electrons. The van der Waals surface area contributed by atoms with Crippen molar-refractivity contribution < 1.29 is 4.79 Å². The molecular weight excluding hydrogens is 334 g/mol. The summed E-state index contributed by atoms with van der Waals surface area (Å²) in [5.74, 6) is -0.0629. The monoisotopic (exact) mass is 353 g/mol. The van der Waals surface area contributed by atoms with E-state index in [1.807, 2.05) is 41.3 Å². The molecule has 1 unspecified atom stereocenters. The first kappa shape index (κ1) is 17.4. The van der Waals surface area contributed by atoms with Gasteiger partial charge in [-0.2, -0.15) is 5.26 Å². The number of carbonyl (C=O) groups is 1. The summed E-state index contributed by atoms with van der Waals surface area (Å²) in [6.45, 7) is 1.30. The van der Waals surface area contributed by atoms with Gasteiger partial charge in [0.1, 0.15) is 0 Å². The second-order valence-corrected chi connectivity index (χ2v) is 6.83. The van der Waals surface area contributed by atoms with Crippen molar-refractivity contribution in [2.45, 2.75) is 25.2 Å². The second-order valence-electron chi connectivity index (χ2n) is 6.39. The summed E-state index contributed by atoms with van der Waals surface area (Å²) in [7, 11) is 0. The van der Waals surface area contributed by atoms with Crippen LogP contribution in [0, 0.1) is 17.2 Å². The van der Waals surface area contributed by atoms with Gasteiger partial charge in [-0.05, 0) is 54.7 Å². The summed E-state index contributed by atoms with van der Waals surface area (Å²) in [5, 5.41) is 9.71. The topological polar surface area (TPSA) is 57.0 Å². The van der Waals surface area contributed by atoms with E-state index in [4.69, 9.17) is 16.9 Å². The number of carbonyl (C=O) groups excluding carboxylic acids is 1. The van der Waals surface area contributed by atoms with Crippen molar-refractivity contribution in [1.82, 2.24) is 9.88 Å². The zero-order valence-corrected chi connectivity index (χ0v) is 14.7. The lowest BCUT2D eigenvalue weighted by Crippen LogP contribution is -2.41. The van der Waals surface area contributed by atoms with Crippen LogP contribution in [0.3, 0.4) is 0 Å². The summed E-state index contributed by atoms with van der Waals surface area (Å²) in [6, 6.07) is 13.7. The van der Waals surface area contributed by atoms with Crippen LogP contribution in [0.15, 0.2) is 48.8 Å². The maximum Gasteiger partial charge on any atom is 0.230 e. The number of likely N-dealkylation sites (tertiary alicyclic amines) is 1. The molecule has 1 fully saturated rings. The van der Waals surface area contributed by atoms with Crippen LogP contribution in [-0.4, -0.2) is 28.9 Å². The third kappa shape index (κ3) is 4.37. The lowest BCUT2D eigenvalue weighted by atomic mass is 9.89. The summed E-state index contributed by atoms with van der Waals surface area (Å²) >= 11 is 6.00. The van der Waals surface area contributed by atoms with E-state index in [1.165, 1.54) is 0 Å². The van der Waals surface area contributed by atoms with Gasteiger partial charge in [-0.25, -0.2) is 0 Å². The Kier molecular flexibility index (Phi) is 5.67. The van der Waals surface area contributed by atoms with Crippen LogP contribution in [0.2, 0.25) is 5.02 Å². The number of hydrogen-bond acceptors (Lipinski definition) is 3. The Bertz CT molecular complexity index is 747. The summed E-state index contributed by atoms with van der Waals surface area (Å²) in [4.78, 5) is 19.1. The standard InChI is InChI=1S/C20H20ClN3O/c21-18-3-1-17(2-4-18)19(13-15-5-9-23-10-6-15)20(25)24-11-7-16(14-22)8-12-24/h1-6,9-10,16,19H,7-8,11-13H2. The molecule has 1 aliphatic heterocycles. The summed E-state index contributed by atoms with van der Waals surface area (Å²) < 4.78 is 0. The van der Waals surface area contributed by atoms with Gasteiger partial charge in [0.25, 0.3) is 0 Å². The van der Waals surface area contributed by atoms with E-state index in [2.05, 4.69) is 11.1 Å². The highest BCUT2D eigenvalue weighted by Crippen LogP contribution is 2.27. The molecule has 1 aromatic heterocycles. The Labute approximate surface area is 153 Å². The molecule has 0 aliphatic carbocycles. The second kappa shape index (κ2) is 8.13. The predicted molar refractivity (Wildman–Crippen MR) is 97.1 cm³/mol.